The molecule has 0 aliphatic carbocycles. The summed E-state index contributed by atoms with van der Waals surface area (Å²) in [7, 11) is 0. The molecule has 0 aliphatic rings. The standard InChI is InChI=1S/C15H24.C14H18O2.C6H13F.C5H11NO.C3H4.CH4/c1-5-7-14(8-6-2)15-10-9-12(3)13(4)11-15;1-6-8-9-13(10(3)4)14(16)12(7-2)11(5)15;1-4-5-6(2,3)7;1-3-4-6-5(2)7;1-3-2;/h9-11,14H,5-8H2,1-4H3;6-9H,3H2,1-2,4-5H3;4-5H2,1-3H3;3-4H2,1-2H3,(H,6,7);1H,2H3;1H4/b;8-6-,12-7-,13-9+;;;;. The van der Waals surface area contributed by atoms with E-state index in [0.29, 0.717) is 17.6 Å². The van der Waals surface area contributed by atoms with E-state index in [1.54, 1.807) is 52.3 Å². The van der Waals surface area contributed by atoms with Gasteiger partial charge in [0.15, 0.2) is 11.6 Å². The number of amides is 1. The fourth-order valence-corrected chi connectivity index (χ4v) is 4.33. The molecule has 0 unspecified atom stereocenters. The zero-order chi connectivity index (χ0) is 38.3. The number of ketones is 2. The van der Waals surface area contributed by atoms with Gasteiger partial charge in [0.25, 0.3) is 0 Å². The number of Topliss-reactive ketones (excluding diaryl/α,β-unsaturated/α-hetero) is 2. The predicted octanol–water partition coefficient (Wildman–Crippen LogP) is 12.5. The van der Waals surface area contributed by atoms with Crippen LogP contribution in [0.25, 0.3) is 0 Å². The molecule has 1 aromatic rings. The van der Waals surface area contributed by atoms with Crippen LogP contribution in [0, 0.1) is 26.2 Å². The molecule has 280 valence electrons. The Kier molecular flexibility index (Phi) is 38.5. The Labute approximate surface area is 303 Å². The van der Waals surface area contributed by atoms with E-state index in [4.69, 9.17) is 0 Å². The molecule has 0 saturated carbocycles. The van der Waals surface area contributed by atoms with Gasteiger partial charge in [0, 0.05) is 19.0 Å². The summed E-state index contributed by atoms with van der Waals surface area (Å²) in [5.74, 6) is 2.60. The molecule has 0 heterocycles. The molecule has 0 aromatic heterocycles. The molecule has 0 spiro atoms. The van der Waals surface area contributed by atoms with Crippen LogP contribution in [0.1, 0.15) is 158 Å². The fraction of sp³-hybridized carbons (Fsp3) is 0.568. The zero-order valence-corrected chi connectivity index (χ0v) is 33.2. The van der Waals surface area contributed by atoms with Crippen molar-refractivity contribution in [2.24, 2.45) is 0 Å². The molecular formula is C44H74FNO3. The number of hydrogen-bond acceptors (Lipinski definition) is 3. The molecule has 0 saturated heterocycles. The number of halogens is 1. The molecule has 49 heavy (non-hydrogen) atoms. The van der Waals surface area contributed by atoms with Crippen molar-refractivity contribution in [2.75, 3.05) is 6.54 Å². The SMILES string of the molecule is C.C#CC.C=C(C)/C(=C\C=C/C)C(=O)/C(=C\C)C(C)=O.CCCC(C)(C)F.CCCC(CCC)c1ccc(C)c(C)c1.CCCNC(C)=O. The molecule has 0 bridgehead atoms. The van der Waals surface area contributed by atoms with E-state index in [-0.39, 0.29) is 30.5 Å². The summed E-state index contributed by atoms with van der Waals surface area (Å²) in [6, 6.07) is 6.96. The topological polar surface area (TPSA) is 63.2 Å². The van der Waals surface area contributed by atoms with Crippen molar-refractivity contribution in [3.63, 3.8) is 0 Å². The summed E-state index contributed by atoms with van der Waals surface area (Å²) in [4.78, 5) is 33.4. The summed E-state index contributed by atoms with van der Waals surface area (Å²) >= 11 is 0. The quantitative estimate of drug-likeness (QED) is 0.0698. The van der Waals surface area contributed by atoms with Crippen molar-refractivity contribution in [1.29, 1.82) is 0 Å². The van der Waals surface area contributed by atoms with Crippen LogP contribution in [-0.4, -0.2) is 29.7 Å². The Morgan fingerprint density at radius 2 is 1.45 bits per heavy atom. The second kappa shape index (κ2) is 34.3. The van der Waals surface area contributed by atoms with E-state index in [0.717, 1.165) is 25.3 Å². The van der Waals surface area contributed by atoms with E-state index >= 15 is 0 Å². The van der Waals surface area contributed by atoms with Crippen molar-refractivity contribution in [3.8, 4) is 12.3 Å². The third-order valence-corrected chi connectivity index (χ3v) is 6.82. The van der Waals surface area contributed by atoms with Gasteiger partial charge < -0.3 is 5.32 Å². The van der Waals surface area contributed by atoms with Crippen LogP contribution in [0.15, 0.2) is 65.8 Å². The molecule has 4 nitrogen and oxygen atoms in total. The highest BCUT2D eigenvalue weighted by atomic mass is 19.1. The number of aryl methyl sites for hydroxylation is 2. The number of terminal acetylenes is 1. The van der Waals surface area contributed by atoms with Gasteiger partial charge in [-0.2, -0.15) is 0 Å². The summed E-state index contributed by atoms with van der Waals surface area (Å²) in [6.07, 6.45) is 19.3. The average molecular weight is 684 g/mol. The predicted molar refractivity (Wildman–Crippen MR) is 216 cm³/mol. The molecule has 1 aromatic carbocycles. The first-order valence-corrected chi connectivity index (χ1v) is 17.5. The van der Waals surface area contributed by atoms with Crippen LogP contribution < -0.4 is 5.32 Å². The van der Waals surface area contributed by atoms with Gasteiger partial charge in [-0.15, -0.1) is 12.3 Å². The van der Waals surface area contributed by atoms with Crippen LogP contribution in [0.5, 0.6) is 0 Å². The summed E-state index contributed by atoms with van der Waals surface area (Å²) < 4.78 is 12.4. The van der Waals surface area contributed by atoms with Gasteiger partial charge in [0.2, 0.25) is 5.91 Å². The molecule has 0 radical (unpaired) electrons. The first-order valence-electron chi connectivity index (χ1n) is 17.5. The third kappa shape index (κ3) is 32.8. The highest BCUT2D eigenvalue weighted by Gasteiger charge is 2.18. The minimum atomic E-state index is -0.950. The molecule has 1 rings (SSSR count). The third-order valence-electron chi connectivity index (χ3n) is 6.82. The van der Waals surface area contributed by atoms with E-state index in [9.17, 15) is 18.8 Å². The van der Waals surface area contributed by atoms with Crippen molar-refractivity contribution in [3.05, 3.63) is 82.5 Å². The Balaban J connectivity index is -0.000000180. The van der Waals surface area contributed by atoms with Crippen LogP contribution in [0.3, 0.4) is 0 Å². The molecule has 1 amide bonds. The molecule has 1 N–H and O–H groups in total. The van der Waals surface area contributed by atoms with Crippen LogP contribution in [0.4, 0.5) is 4.39 Å². The van der Waals surface area contributed by atoms with Gasteiger partial charge in [0.1, 0.15) is 5.67 Å². The van der Waals surface area contributed by atoms with Gasteiger partial charge in [-0.3, -0.25) is 14.4 Å². The van der Waals surface area contributed by atoms with Gasteiger partial charge >= 0.3 is 0 Å². The number of alkyl halides is 1. The maximum Gasteiger partial charge on any atom is 0.216 e. The van der Waals surface area contributed by atoms with Gasteiger partial charge in [-0.25, -0.2) is 4.39 Å². The number of allylic oxidation sites excluding steroid dienone is 7. The largest absolute Gasteiger partial charge is 0.356 e. The maximum absolute atomic E-state index is 12.4. The van der Waals surface area contributed by atoms with Crippen molar-refractivity contribution >= 4 is 17.5 Å². The molecule has 5 heteroatoms. The smallest absolute Gasteiger partial charge is 0.216 e. The van der Waals surface area contributed by atoms with E-state index in [1.807, 2.05) is 26.8 Å². The Morgan fingerprint density at radius 1 is 0.939 bits per heavy atom. The summed E-state index contributed by atoms with van der Waals surface area (Å²) in [5.41, 5.74) is 4.77. The second-order valence-corrected chi connectivity index (χ2v) is 12.3. The number of carbonyl (C=O) groups excluding carboxylic acids is 3. The lowest BCUT2D eigenvalue weighted by Crippen LogP contribution is -2.19. The molecule has 0 atom stereocenters. The number of rotatable bonds is 14. The second-order valence-electron chi connectivity index (χ2n) is 12.3. The monoisotopic (exact) mass is 684 g/mol. The van der Waals surface area contributed by atoms with Gasteiger partial charge in [-0.1, -0.05) is 103 Å². The van der Waals surface area contributed by atoms with Crippen LogP contribution >= 0.6 is 0 Å². The lowest BCUT2D eigenvalue weighted by atomic mass is 9.89. The maximum atomic E-state index is 12.4. The normalized spacial score (nSPS) is 10.7. The minimum Gasteiger partial charge on any atom is -0.356 e. The molecule has 0 aliphatic heterocycles. The Hall–Kier alpha value is -3.52. The summed E-state index contributed by atoms with van der Waals surface area (Å²) in [6.45, 7) is 30.6. The number of nitrogens with one attached hydrogen (secondary N) is 1. The van der Waals surface area contributed by atoms with Crippen LogP contribution in [0.2, 0.25) is 0 Å². The van der Waals surface area contributed by atoms with Crippen molar-refractivity contribution in [2.45, 2.75) is 161 Å². The number of carbonyl (C=O) groups is 3. The Bertz CT molecular complexity index is 1180. The van der Waals surface area contributed by atoms with E-state index in [1.165, 1.54) is 56.7 Å². The number of hydrogen-bond donors (Lipinski definition) is 1. The first kappa shape index (κ1) is 54.9. The van der Waals surface area contributed by atoms with E-state index in [2.05, 4.69) is 70.1 Å². The highest BCUT2D eigenvalue weighted by Crippen LogP contribution is 2.27. The zero-order valence-electron chi connectivity index (χ0n) is 33.2. The lowest BCUT2D eigenvalue weighted by Gasteiger charge is -2.17. The first-order chi connectivity index (χ1) is 22.4. The summed E-state index contributed by atoms with van der Waals surface area (Å²) in [5, 5.41) is 2.66. The lowest BCUT2D eigenvalue weighted by molar-refractivity contribution is -0.119. The number of benzene rings is 1. The van der Waals surface area contributed by atoms with E-state index < -0.39 is 5.67 Å². The van der Waals surface area contributed by atoms with Crippen LogP contribution in [-0.2, 0) is 14.4 Å². The van der Waals surface area contributed by atoms with Crippen molar-refractivity contribution < 1.29 is 18.8 Å². The van der Waals surface area contributed by atoms with Gasteiger partial charge in [-0.05, 0) is 116 Å². The highest BCUT2D eigenvalue weighted by molar-refractivity contribution is 6.26. The minimum absolute atomic E-state index is 0. The molecule has 0 fully saturated rings. The fourth-order valence-electron chi connectivity index (χ4n) is 4.33. The Morgan fingerprint density at radius 3 is 1.71 bits per heavy atom. The molecular weight excluding hydrogens is 609 g/mol. The van der Waals surface area contributed by atoms with Gasteiger partial charge in [0.05, 0.1) is 5.57 Å². The van der Waals surface area contributed by atoms with Crippen molar-refractivity contribution in [1.82, 2.24) is 5.32 Å². The average Bonchev–Trinajstić information content (AvgIpc) is 2.98.